The molecule has 2 aromatic rings. The Bertz CT molecular complexity index is 975. The van der Waals surface area contributed by atoms with E-state index in [0.717, 1.165) is 9.75 Å². The highest BCUT2D eigenvalue weighted by molar-refractivity contribution is 7.89. The molecule has 1 aromatic heterocycles. The van der Waals surface area contributed by atoms with E-state index in [9.17, 15) is 17.6 Å². The highest BCUT2D eigenvalue weighted by Gasteiger charge is 2.31. The Kier molecular flexibility index (Phi) is 5.78. The third-order valence-corrected chi connectivity index (χ3v) is 7.55. The molecular weight excluding hydrogens is 387 g/mol. The minimum Gasteiger partial charge on any atom is -0.337 e. The van der Waals surface area contributed by atoms with Crippen LogP contribution in [0, 0.1) is 19.7 Å². The lowest BCUT2D eigenvalue weighted by molar-refractivity contribution is -0.127. The maximum absolute atomic E-state index is 13.2. The van der Waals surface area contributed by atoms with Gasteiger partial charge < -0.3 is 4.90 Å². The molecule has 5 nitrogen and oxygen atoms in total. The van der Waals surface area contributed by atoms with Gasteiger partial charge in [-0.15, -0.1) is 11.3 Å². The van der Waals surface area contributed by atoms with E-state index < -0.39 is 10.0 Å². The van der Waals surface area contributed by atoms with Crippen molar-refractivity contribution in [2.45, 2.75) is 18.7 Å². The second-order valence-corrected chi connectivity index (χ2v) is 9.76. The van der Waals surface area contributed by atoms with Crippen LogP contribution in [0.1, 0.15) is 15.3 Å². The van der Waals surface area contributed by atoms with Gasteiger partial charge >= 0.3 is 0 Å². The summed E-state index contributed by atoms with van der Waals surface area (Å²) in [6.45, 7) is 4.87. The van der Waals surface area contributed by atoms with Gasteiger partial charge in [-0.2, -0.15) is 4.31 Å². The second-order valence-electron chi connectivity index (χ2n) is 6.40. The van der Waals surface area contributed by atoms with Gasteiger partial charge in [-0.1, -0.05) is 12.1 Å². The summed E-state index contributed by atoms with van der Waals surface area (Å²) in [4.78, 5) is 16.0. The Morgan fingerprint density at radius 3 is 2.44 bits per heavy atom. The van der Waals surface area contributed by atoms with Crippen LogP contribution in [0.5, 0.6) is 0 Å². The van der Waals surface area contributed by atoms with Gasteiger partial charge in [0.05, 0.1) is 4.90 Å². The average Bonchev–Trinajstić information content (AvgIpc) is 2.99. The Morgan fingerprint density at radius 1 is 1.15 bits per heavy atom. The SMILES string of the molecule is Cc1cc(S(=O)(=O)N2CCN(C(=O)/C=C/c3cccc(F)c3)CC2)c(C)s1. The van der Waals surface area contributed by atoms with Crippen LogP contribution in [0.3, 0.4) is 0 Å². The molecule has 0 aliphatic carbocycles. The summed E-state index contributed by atoms with van der Waals surface area (Å²) in [5.74, 6) is -0.568. The van der Waals surface area contributed by atoms with Gasteiger partial charge in [0.25, 0.3) is 0 Å². The summed E-state index contributed by atoms with van der Waals surface area (Å²) >= 11 is 1.46. The Morgan fingerprint density at radius 2 is 1.85 bits per heavy atom. The molecule has 0 N–H and O–H groups in total. The first-order chi connectivity index (χ1) is 12.8. The number of rotatable bonds is 4. The van der Waals surface area contributed by atoms with E-state index in [0.29, 0.717) is 23.5 Å². The zero-order valence-electron chi connectivity index (χ0n) is 15.2. The quantitative estimate of drug-likeness (QED) is 0.731. The molecule has 27 heavy (non-hydrogen) atoms. The summed E-state index contributed by atoms with van der Waals surface area (Å²) in [7, 11) is -3.53. The smallest absolute Gasteiger partial charge is 0.246 e. The lowest BCUT2D eigenvalue weighted by Gasteiger charge is -2.33. The third-order valence-electron chi connectivity index (χ3n) is 4.43. The number of amides is 1. The number of carbonyl (C=O) groups is 1. The van der Waals surface area contributed by atoms with Crippen LogP contribution in [0.4, 0.5) is 4.39 Å². The minimum absolute atomic E-state index is 0.209. The lowest BCUT2D eigenvalue weighted by atomic mass is 10.2. The molecule has 8 heteroatoms. The van der Waals surface area contributed by atoms with Crippen molar-refractivity contribution in [3.63, 3.8) is 0 Å². The minimum atomic E-state index is -3.53. The zero-order valence-corrected chi connectivity index (χ0v) is 16.8. The van der Waals surface area contributed by atoms with Gasteiger partial charge in [0.15, 0.2) is 0 Å². The normalized spacial score (nSPS) is 16.2. The van der Waals surface area contributed by atoms with Crippen molar-refractivity contribution < 1.29 is 17.6 Å². The fourth-order valence-corrected chi connectivity index (χ4v) is 5.98. The summed E-state index contributed by atoms with van der Waals surface area (Å²) in [6, 6.07) is 7.68. The molecule has 0 unspecified atom stereocenters. The monoisotopic (exact) mass is 408 g/mol. The molecule has 1 saturated heterocycles. The standard InChI is InChI=1S/C19H21FN2O3S2/c1-14-12-18(15(2)26-14)27(24,25)22-10-8-21(9-11-22)19(23)7-6-16-4-3-5-17(20)13-16/h3-7,12-13H,8-11H2,1-2H3/b7-6+. The fraction of sp³-hybridized carbons (Fsp3) is 0.316. The van der Waals surface area contributed by atoms with E-state index in [2.05, 4.69) is 0 Å². The van der Waals surface area contributed by atoms with Gasteiger partial charge in [0, 0.05) is 42.0 Å². The fourth-order valence-electron chi connectivity index (χ4n) is 3.03. The van der Waals surface area contributed by atoms with E-state index in [4.69, 9.17) is 0 Å². The number of nitrogens with zero attached hydrogens (tertiary/aromatic N) is 2. The van der Waals surface area contributed by atoms with Crippen molar-refractivity contribution in [2.75, 3.05) is 26.2 Å². The number of hydrogen-bond donors (Lipinski definition) is 0. The number of aryl methyl sites for hydroxylation is 2. The van der Waals surface area contributed by atoms with Crippen molar-refractivity contribution in [1.82, 2.24) is 9.21 Å². The molecule has 1 aromatic carbocycles. The number of piperazine rings is 1. The highest BCUT2D eigenvalue weighted by atomic mass is 32.2. The van der Waals surface area contributed by atoms with Gasteiger partial charge in [-0.25, -0.2) is 12.8 Å². The molecule has 144 valence electrons. The molecule has 0 spiro atoms. The predicted octanol–water partition coefficient (Wildman–Crippen LogP) is 3.05. The number of hydrogen-bond acceptors (Lipinski definition) is 4. The molecule has 2 heterocycles. The second kappa shape index (κ2) is 7.92. The predicted molar refractivity (Wildman–Crippen MR) is 105 cm³/mol. The van der Waals surface area contributed by atoms with E-state index in [-0.39, 0.29) is 24.8 Å². The summed E-state index contributed by atoms with van der Waals surface area (Å²) in [6.07, 6.45) is 2.96. The molecular formula is C19H21FN2O3S2. The van der Waals surface area contributed by atoms with Crippen molar-refractivity contribution in [3.05, 3.63) is 57.5 Å². The van der Waals surface area contributed by atoms with E-state index in [1.807, 2.05) is 13.8 Å². The number of sulfonamides is 1. The number of halogens is 1. The summed E-state index contributed by atoms with van der Waals surface area (Å²) < 4.78 is 40.3. The van der Waals surface area contributed by atoms with Crippen LogP contribution < -0.4 is 0 Å². The van der Waals surface area contributed by atoms with E-state index in [1.165, 1.54) is 33.9 Å². The first kappa shape index (κ1) is 19.7. The number of benzene rings is 1. The summed E-state index contributed by atoms with van der Waals surface area (Å²) in [5.41, 5.74) is 0.605. The van der Waals surface area contributed by atoms with Crippen LogP contribution in [0.25, 0.3) is 6.08 Å². The first-order valence-corrected chi connectivity index (χ1v) is 10.8. The van der Waals surface area contributed by atoms with Crippen LogP contribution >= 0.6 is 11.3 Å². The van der Waals surface area contributed by atoms with Crippen LogP contribution in [0.15, 0.2) is 41.3 Å². The van der Waals surface area contributed by atoms with Gasteiger partial charge in [-0.05, 0) is 43.7 Å². The van der Waals surface area contributed by atoms with Gasteiger partial charge in [-0.3, -0.25) is 4.79 Å². The molecule has 1 aliphatic rings. The summed E-state index contributed by atoms with van der Waals surface area (Å²) in [5, 5.41) is 0. The maximum Gasteiger partial charge on any atom is 0.246 e. The molecule has 0 radical (unpaired) electrons. The third kappa shape index (κ3) is 4.45. The van der Waals surface area contributed by atoms with Crippen LogP contribution in [-0.4, -0.2) is 49.7 Å². The number of carbonyl (C=O) groups excluding carboxylic acids is 1. The van der Waals surface area contributed by atoms with Crippen molar-refractivity contribution in [2.24, 2.45) is 0 Å². The zero-order chi connectivity index (χ0) is 19.6. The van der Waals surface area contributed by atoms with Crippen LogP contribution in [-0.2, 0) is 14.8 Å². The largest absolute Gasteiger partial charge is 0.337 e. The molecule has 3 rings (SSSR count). The van der Waals surface area contributed by atoms with Gasteiger partial charge in [0.1, 0.15) is 5.82 Å². The molecule has 0 bridgehead atoms. The van der Waals surface area contributed by atoms with Crippen LogP contribution in [0.2, 0.25) is 0 Å². The first-order valence-electron chi connectivity index (χ1n) is 8.57. The molecule has 0 saturated carbocycles. The Hall–Kier alpha value is -2.03. The van der Waals surface area contributed by atoms with Gasteiger partial charge in [0.2, 0.25) is 15.9 Å². The van der Waals surface area contributed by atoms with E-state index in [1.54, 1.807) is 29.2 Å². The maximum atomic E-state index is 13.2. The average molecular weight is 409 g/mol. The van der Waals surface area contributed by atoms with Crippen molar-refractivity contribution >= 4 is 33.3 Å². The molecule has 1 amide bonds. The van der Waals surface area contributed by atoms with E-state index >= 15 is 0 Å². The van der Waals surface area contributed by atoms with Crippen molar-refractivity contribution in [3.8, 4) is 0 Å². The number of thiophene rings is 1. The van der Waals surface area contributed by atoms with Crippen molar-refractivity contribution in [1.29, 1.82) is 0 Å². The lowest BCUT2D eigenvalue weighted by Crippen LogP contribution is -2.50. The highest BCUT2D eigenvalue weighted by Crippen LogP contribution is 2.28. The molecule has 0 atom stereocenters. The topological polar surface area (TPSA) is 57.7 Å². The Balaban J connectivity index is 1.63. The Labute approximate surface area is 162 Å². The molecule has 1 aliphatic heterocycles. The molecule has 1 fully saturated rings.